The molecule has 0 saturated heterocycles. The van der Waals surface area contributed by atoms with Crippen molar-refractivity contribution in [3.05, 3.63) is 77.3 Å². The number of rotatable bonds is 8. The lowest BCUT2D eigenvalue weighted by atomic mass is 10.2. The average Bonchev–Trinajstić information content (AvgIpc) is 3.30. The molecule has 37 heavy (non-hydrogen) atoms. The number of nitrogens with zero attached hydrogens (tertiary/aromatic N) is 3. The Morgan fingerprint density at radius 2 is 1.62 bits per heavy atom. The second-order valence-electron chi connectivity index (χ2n) is 8.54. The Hall–Kier alpha value is -3.12. The lowest BCUT2D eigenvalue weighted by Crippen LogP contribution is -2.42. The smallest absolute Gasteiger partial charge is 0.264 e. The highest BCUT2D eigenvalue weighted by Crippen LogP contribution is 2.32. The standard InChI is InChI=1S/C25H26ClN3O6S2/c1-27(2)36(31,32)23-11-12-24-18(15-23)13-14-28(24)25(30)17-29(20-6-4-5-19(26)16-20)37(33,34)22-9-7-21(35-3)8-10-22/h4-12,15-16H,13-14,17H2,1-3H3. The van der Waals surface area contributed by atoms with Crippen molar-refractivity contribution >= 4 is 48.9 Å². The molecule has 0 N–H and O–H groups in total. The van der Waals surface area contributed by atoms with Crippen molar-refractivity contribution < 1.29 is 26.4 Å². The van der Waals surface area contributed by atoms with Crippen LogP contribution in [0.4, 0.5) is 11.4 Å². The topological polar surface area (TPSA) is 104 Å². The summed E-state index contributed by atoms with van der Waals surface area (Å²) in [6, 6.07) is 16.7. The van der Waals surface area contributed by atoms with Gasteiger partial charge in [-0.25, -0.2) is 21.1 Å². The van der Waals surface area contributed by atoms with Gasteiger partial charge < -0.3 is 9.64 Å². The fourth-order valence-electron chi connectivity index (χ4n) is 4.04. The van der Waals surface area contributed by atoms with E-state index in [4.69, 9.17) is 16.3 Å². The highest BCUT2D eigenvalue weighted by Gasteiger charge is 2.32. The molecule has 0 aliphatic carbocycles. The van der Waals surface area contributed by atoms with E-state index in [0.717, 1.165) is 8.61 Å². The van der Waals surface area contributed by atoms with Gasteiger partial charge in [-0.3, -0.25) is 9.10 Å². The molecule has 0 bridgehead atoms. The number of carbonyl (C=O) groups is 1. The Morgan fingerprint density at radius 3 is 2.24 bits per heavy atom. The van der Waals surface area contributed by atoms with Crippen LogP contribution in [0.3, 0.4) is 0 Å². The molecule has 12 heteroatoms. The fraction of sp³-hybridized carbons (Fsp3) is 0.240. The van der Waals surface area contributed by atoms with Crippen molar-refractivity contribution in [2.45, 2.75) is 16.2 Å². The SMILES string of the molecule is COc1ccc(S(=O)(=O)N(CC(=O)N2CCc3cc(S(=O)(=O)N(C)C)ccc32)c2cccc(Cl)c2)cc1. The molecule has 0 unspecified atom stereocenters. The number of fused-ring (bicyclic) bond motifs is 1. The Kier molecular flexibility index (Phi) is 7.52. The highest BCUT2D eigenvalue weighted by atomic mass is 35.5. The first-order valence-electron chi connectivity index (χ1n) is 11.2. The zero-order chi connectivity index (χ0) is 27.0. The molecule has 3 aromatic carbocycles. The molecule has 1 aliphatic rings. The number of methoxy groups -OCH3 is 1. The molecule has 1 heterocycles. The number of ether oxygens (including phenoxy) is 1. The van der Waals surface area contributed by atoms with E-state index < -0.39 is 32.5 Å². The fourth-order valence-corrected chi connectivity index (χ4v) is 6.58. The van der Waals surface area contributed by atoms with Crippen molar-refractivity contribution in [2.24, 2.45) is 0 Å². The molecule has 4 rings (SSSR count). The maximum Gasteiger partial charge on any atom is 0.264 e. The van der Waals surface area contributed by atoms with Gasteiger partial charge in [0.25, 0.3) is 10.0 Å². The first-order chi connectivity index (χ1) is 17.4. The summed E-state index contributed by atoms with van der Waals surface area (Å²) in [5.74, 6) is 0.0349. The molecule has 3 aromatic rings. The lowest BCUT2D eigenvalue weighted by molar-refractivity contribution is -0.117. The van der Waals surface area contributed by atoms with Crippen LogP contribution in [0.2, 0.25) is 5.02 Å². The number of carbonyl (C=O) groups excluding carboxylic acids is 1. The van der Waals surface area contributed by atoms with Gasteiger partial charge in [-0.05, 0) is 72.6 Å². The lowest BCUT2D eigenvalue weighted by Gasteiger charge is -2.27. The van der Waals surface area contributed by atoms with Gasteiger partial charge >= 0.3 is 0 Å². The van der Waals surface area contributed by atoms with Crippen LogP contribution in [0.25, 0.3) is 0 Å². The van der Waals surface area contributed by atoms with Crippen molar-refractivity contribution in [1.29, 1.82) is 0 Å². The molecule has 0 atom stereocenters. The van der Waals surface area contributed by atoms with Gasteiger partial charge in [0, 0.05) is 31.4 Å². The molecule has 0 radical (unpaired) electrons. The van der Waals surface area contributed by atoms with Crippen molar-refractivity contribution in [2.75, 3.05) is 43.5 Å². The second-order valence-corrected chi connectivity index (χ2v) is 13.0. The summed E-state index contributed by atoms with van der Waals surface area (Å²) in [5.41, 5.74) is 1.49. The summed E-state index contributed by atoms with van der Waals surface area (Å²) < 4.78 is 59.6. The van der Waals surface area contributed by atoms with E-state index in [-0.39, 0.29) is 15.5 Å². The third-order valence-electron chi connectivity index (χ3n) is 6.05. The minimum absolute atomic E-state index is 0.0126. The van der Waals surface area contributed by atoms with Crippen LogP contribution < -0.4 is 13.9 Å². The van der Waals surface area contributed by atoms with Gasteiger partial charge in [-0.1, -0.05) is 17.7 Å². The maximum absolute atomic E-state index is 13.7. The Balaban J connectivity index is 1.68. The second kappa shape index (κ2) is 10.3. The maximum atomic E-state index is 13.7. The van der Waals surface area contributed by atoms with Crippen LogP contribution in [-0.4, -0.2) is 61.3 Å². The minimum atomic E-state index is -4.15. The number of hydrogen-bond acceptors (Lipinski definition) is 6. The summed E-state index contributed by atoms with van der Waals surface area (Å²) in [6.45, 7) is -0.183. The van der Waals surface area contributed by atoms with E-state index in [0.29, 0.717) is 35.0 Å². The van der Waals surface area contributed by atoms with Gasteiger partial charge in [0.15, 0.2) is 0 Å². The predicted molar refractivity (Wildman–Crippen MR) is 142 cm³/mol. The van der Waals surface area contributed by atoms with Gasteiger partial charge in [-0.15, -0.1) is 0 Å². The van der Waals surface area contributed by atoms with Crippen LogP contribution in [0.1, 0.15) is 5.56 Å². The van der Waals surface area contributed by atoms with Crippen LogP contribution in [0.5, 0.6) is 5.75 Å². The summed E-state index contributed by atoms with van der Waals surface area (Å²) in [5, 5.41) is 0.320. The van der Waals surface area contributed by atoms with E-state index in [1.165, 1.54) is 62.5 Å². The molecular weight excluding hydrogens is 538 g/mol. The summed E-state index contributed by atoms with van der Waals surface area (Å²) in [4.78, 5) is 15.1. The predicted octanol–water partition coefficient (Wildman–Crippen LogP) is 3.38. The third kappa shape index (κ3) is 5.30. The van der Waals surface area contributed by atoms with Gasteiger partial charge in [0.2, 0.25) is 15.9 Å². The van der Waals surface area contributed by atoms with Crippen molar-refractivity contribution in [3.63, 3.8) is 0 Å². The Morgan fingerprint density at radius 1 is 0.946 bits per heavy atom. The van der Waals surface area contributed by atoms with Crippen LogP contribution >= 0.6 is 11.6 Å². The number of amides is 1. The first kappa shape index (κ1) is 26.9. The van der Waals surface area contributed by atoms with E-state index >= 15 is 0 Å². The zero-order valence-corrected chi connectivity index (χ0v) is 22.8. The van der Waals surface area contributed by atoms with Crippen LogP contribution in [0.15, 0.2) is 76.5 Å². The average molecular weight is 564 g/mol. The number of anilines is 2. The minimum Gasteiger partial charge on any atom is -0.497 e. The molecule has 1 aliphatic heterocycles. The van der Waals surface area contributed by atoms with Gasteiger partial charge in [0.1, 0.15) is 12.3 Å². The van der Waals surface area contributed by atoms with Crippen LogP contribution in [0, 0.1) is 0 Å². The number of sulfonamides is 2. The molecule has 0 aromatic heterocycles. The number of benzene rings is 3. The molecule has 0 fully saturated rings. The van der Waals surface area contributed by atoms with Gasteiger partial charge in [0.05, 0.1) is 22.6 Å². The normalized spacial score (nSPS) is 13.5. The molecular formula is C25H26ClN3O6S2. The van der Waals surface area contributed by atoms with E-state index in [9.17, 15) is 21.6 Å². The van der Waals surface area contributed by atoms with E-state index in [1.807, 2.05) is 0 Å². The Labute approximate surface area is 221 Å². The largest absolute Gasteiger partial charge is 0.497 e. The number of hydrogen-bond donors (Lipinski definition) is 0. The van der Waals surface area contributed by atoms with Gasteiger partial charge in [-0.2, -0.15) is 0 Å². The highest BCUT2D eigenvalue weighted by molar-refractivity contribution is 7.92. The molecule has 0 saturated carbocycles. The van der Waals surface area contributed by atoms with E-state index in [2.05, 4.69) is 0 Å². The Bertz CT molecular complexity index is 1540. The first-order valence-corrected chi connectivity index (χ1v) is 14.5. The van der Waals surface area contributed by atoms with Crippen molar-refractivity contribution in [1.82, 2.24) is 4.31 Å². The monoisotopic (exact) mass is 563 g/mol. The van der Waals surface area contributed by atoms with Crippen molar-refractivity contribution in [3.8, 4) is 5.75 Å². The summed E-state index contributed by atoms with van der Waals surface area (Å²) in [6.07, 6.45) is 0.445. The van der Waals surface area contributed by atoms with Crippen LogP contribution in [-0.2, 0) is 31.3 Å². The molecule has 196 valence electrons. The zero-order valence-electron chi connectivity index (χ0n) is 20.5. The summed E-state index contributed by atoms with van der Waals surface area (Å²) >= 11 is 6.14. The third-order valence-corrected chi connectivity index (χ3v) is 9.88. The quantitative estimate of drug-likeness (QED) is 0.416. The molecule has 9 nitrogen and oxygen atoms in total. The van der Waals surface area contributed by atoms with E-state index in [1.54, 1.807) is 30.3 Å². The molecule has 1 amide bonds. The number of halogens is 1. The molecule has 0 spiro atoms. The summed E-state index contributed by atoms with van der Waals surface area (Å²) in [7, 11) is -3.40.